The third-order valence-electron chi connectivity index (χ3n) is 3.44. The van der Waals surface area contributed by atoms with Gasteiger partial charge in [0, 0.05) is 11.8 Å². The van der Waals surface area contributed by atoms with Gasteiger partial charge >= 0.3 is 5.97 Å². The molecule has 0 atom stereocenters. The molecule has 1 N–H and O–H groups in total. The van der Waals surface area contributed by atoms with Crippen molar-refractivity contribution in [2.24, 2.45) is 0 Å². The maximum absolute atomic E-state index is 11.2. The van der Waals surface area contributed by atoms with E-state index in [1.165, 1.54) is 0 Å². The molecule has 1 aromatic carbocycles. The van der Waals surface area contributed by atoms with E-state index >= 15 is 0 Å². The van der Waals surface area contributed by atoms with Crippen LogP contribution in [0.4, 0.5) is 0 Å². The van der Waals surface area contributed by atoms with Crippen LogP contribution in [0, 0.1) is 13.8 Å². The fourth-order valence-corrected chi connectivity index (χ4v) is 2.38. The van der Waals surface area contributed by atoms with Crippen LogP contribution < -0.4 is 0 Å². The van der Waals surface area contributed by atoms with Crippen LogP contribution in [0.1, 0.15) is 21.5 Å². The summed E-state index contributed by atoms with van der Waals surface area (Å²) in [6.45, 7) is 4.05. The first-order chi connectivity index (χ1) is 9.58. The first-order valence-electron chi connectivity index (χ1n) is 6.35. The standard InChI is InChI=1S/C16H14N2O2/c1-10-5-6-11(2)13(8-10)15-17-9-14-12(16(19)20)4-3-7-18(14)15/h3-9H,1-2H3,(H,19,20). The minimum Gasteiger partial charge on any atom is -0.478 e. The largest absolute Gasteiger partial charge is 0.478 e. The highest BCUT2D eigenvalue weighted by atomic mass is 16.4. The van der Waals surface area contributed by atoms with Gasteiger partial charge in [0.1, 0.15) is 5.82 Å². The van der Waals surface area contributed by atoms with E-state index in [2.05, 4.69) is 17.1 Å². The SMILES string of the molecule is Cc1ccc(C)c(-c2ncc3c(C(=O)O)cccn23)c1. The molecule has 0 aliphatic rings. The molecule has 0 aliphatic carbocycles. The average molecular weight is 266 g/mol. The zero-order chi connectivity index (χ0) is 14.3. The molecule has 0 saturated heterocycles. The zero-order valence-electron chi connectivity index (χ0n) is 11.3. The van der Waals surface area contributed by atoms with Gasteiger partial charge in [-0.3, -0.25) is 4.40 Å². The molecule has 0 aliphatic heterocycles. The second-order valence-electron chi connectivity index (χ2n) is 4.88. The Morgan fingerprint density at radius 1 is 1.25 bits per heavy atom. The predicted molar refractivity (Wildman–Crippen MR) is 77.1 cm³/mol. The number of hydrogen-bond acceptors (Lipinski definition) is 2. The fraction of sp³-hybridized carbons (Fsp3) is 0.125. The van der Waals surface area contributed by atoms with Crippen LogP contribution in [-0.2, 0) is 0 Å². The van der Waals surface area contributed by atoms with Gasteiger partial charge in [0.2, 0.25) is 0 Å². The van der Waals surface area contributed by atoms with Crippen molar-refractivity contribution in [3.63, 3.8) is 0 Å². The number of fused-ring (bicyclic) bond motifs is 1. The molecule has 3 aromatic rings. The molecule has 2 aromatic heterocycles. The smallest absolute Gasteiger partial charge is 0.337 e. The monoisotopic (exact) mass is 266 g/mol. The zero-order valence-corrected chi connectivity index (χ0v) is 11.3. The summed E-state index contributed by atoms with van der Waals surface area (Å²) in [7, 11) is 0. The predicted octanol–water partition coefficient (Wildman–Crippen LogP) is 3.32. The van der Waals surface area contributed by atoms with E-state index in [9.17, 15) is 9.90 Å². The summed E-state index contributed by atoms with van der Waals surface area (Å²) >= 11 is 0. The summed E-state index contributed by atoms with van der Waals surface area (Å²) in [5.74, 6) is -0.174. The summed E-state index contributed by atoms with van der Waals surface area (Å²) in [5.41, 5.74) is 4.15. The highest BCUT2D eigenvalue weighted by molar-refractivity contribution is 5.95. The van der Waals surface area contributed by atoms with Crippen molar-refractivity contribution in [3.05, 3.63) is 59.4 Å². The summed E-state index contributed by atoms with van der Waals surface area (Å²) in [5, 5.41) is 9.22. The van der Waals surface area contributed by atoms with Crippen molar-refractivity contribution >= 4 is 11.5 Å². The van der Waals surface area contributed by atoms with Crippen LogP contribution in [0.25, 0.3) is 16.9 Å². The lowest BCUT2D eigenvalue weighted by atomic mass is 10.1. The lowest BCUT2D eigenvalue weighted by Gasteiger charge is -2.07. The van der Waals surface area contributed by atoms with Gasteiger partial charge in [0.25, 0.3) is 0 Å². The van der Waals surface area contributed by atoms with Gasteiger partial charge in [-0.15, -0.1) is 0 Å². The molecular weight excluding hydrogens is 252 g/mol. The van der Waals surface area contributed by atoms with Gasteiger partial charge in [-0.1, -0.05) is 17.7 Å². The number of pyridine rings is 1. The summed E-state index contributed by atoms with van der Waals surface area (Å²) in [6.07, 6.45) is 3.45. The van der Waals surface area contributed by atoms with E-state index in [0.717, 1.165) is 22.5 Å². The van der Waals surface area contributed by atoms with Crippen LogP contribution in [-0.4, -0.2) is 20.5 Å². The van der Waals surface area contributed by atoms with Crippen LogP contribution in [0.15, 0.2) is 42.7 Å². The van der Waals surface area contributed by atoms with Crippen molar-refractivity contribution in [2.75, 3.05) is 0 Å². The fourth-order valence-electron chi connectivity index (χ4n) is 2.38. The lowest BCUT2D eigenvalue weighted by molar-refractivity contribution is 0.0698. The molecule has 2 heterocycles. The van der Waals surface area contributed by atoms with E-state index in [0.29, 0.717) is 5.52 Å². The third-order valence-corrected chi connectivity index (χ3v) is 3.44. The minimum atomic E-state index is -0.942. The van der Waals surface area contributed by atoms with Gasteiger partial charge in [0.15, 0.2) is 0 Å². The summed E-state index contributed by atoms with van der Waals surface area (Å²) in [4.78, 5) is 15.7. The number of imidazole rings is 1. The topological polar surface area (TPSA) is 54.6 Å². The summed E-state index contributed by atoms with van der Waals surface area (Å²) < 4.78 is 1.82. The minimum absolute atomic E-state index is 0.261. The van der Waals surface area contributed by atoms with Gasteiger partial charge < -0.3 is 5.11 Å². The van der Waals surface area contributed by atoms with E-state index in [-0.39, 0.29) is 5.56 Å². The Labute approximate surface area is 116 Å². The number of carboxylic acids is 1. The molecule has 0 bridgehead atoms. The lowest BCUT2D eigenvalue weighted by Crippen LogP contribution is -2.00. The van der Waals surface area contributed by atoms with Crippen molar-refractivity contribution in [2.45, 2.75) is 13.8 Å². The van der Waals surface area contributed by atoms with Crippen LogP contribution in [0.3, 0.4) is 0 Å². The number of aromatic nitrogens is 2. The second kappa shape index (κ2) is 4.49. The molecule has 0 radical (unpaired) electrons. The number of aromatic carboxylic acids is 1. The van der Waals surface area contributed by atoms with Crippen molar-refractivity contribution in [3.8, 4) is 11.4 Å². The molecule has 0 amide bonds. The molecule has 4 nitrogen and oxygen atoms in total. The Morgan fingerprint density at radius 3 is 2.80 bits per heavy atom. The first kappa shape index (κ1) is 12.4. The maximum atomic E-state index is 11.2. The molecule has 0 spiro atoms. The van der Waals surface area contributed by atoms with Crippen molar-refractivity contribution in [1.29, 1.82) is 0 Å². The van der Waals surface area contributed by atoms with E-state index < -0.39 is 5.97 Å². The number of rotatable bonds is 2. The summed E-state index contributed by atoms with van der Waals surface area (Å²) in [6, 6.07) is 9.49. The Balaban J connectivity index is 2.31. The van der Waals surface area contributed by atoms with E-state index in [4.69, 9.17) is 0 Å². The molecule has 0 unspecified atom stereocenters. The van der Waals surface area contributed by atoms with Gasteiger partial charge in [-0.2, -0.15) is 0 Å². The second-order valence-corrected chi connectivity index (χ2v) is 4.88. The Bertz CT molecular complexity index is 818. The normalized spacial score (nSPS) is 10.9. The number of nitrogens with zero attached hydrogens (tertiary/aromatic N) is 2. The quantitative estimate of drug-likeness (QED) is 0.774. The Morgan fingerprint density at radius 2 is 2.05 bits per heavy atom. The number of aryl methyl sites for hydroxylation is 2. The number of carboxylic acid groups (broad SMARTS) is 1. The number of benzene rings is 1. The molecule has 0 fully saturated rings. The van der Waals surface area contributed by atoms with Crippen molar-refractivity contribution in [1.82, 2.24) is 9.38 Å². The number of hydrogen-bond donors (Lipinski definition) is 1. The van der Waals surface area contributed by atoms with E-state index in [1.807, 2.05) is 30.5 Å². The highest BCUT2D eigenvalue weighted by Gasteiger charge is 2.14. The molecule has 4 heteroatoms. The number of carbonyl (C=O) groups is 1. The van der Waals surface area contributed by atoms with Crippen LogP contribution in [0.2, 0.25) is 0 Å². The molecular formula is C16H14N2O2. The average Bonchev–Trinajstić information content (AvgIpc) is 2.85. The Hall–Kier alpha value is -2.62. The van der Waals surface area contributed by atoms with Crippen LogP contribution >= 0.6 is 0 Å². The van der Waals surface area contributed by atoms with Gasteiger partial charge in [0.05, 0.1) is 17.3 Å². The maximum Gasteiger partial charge on any atom is 0.337 e. The molecule has 20 heavy (non-hydrogen) atoms. The molecule has 0 saturated carbocycles. The van der Waals surface area contributed by atoms with Gasteiger partial charge in [-0.05, 0) is 37.6 Å². The van der Waals surface area contributed by atoms with Gasteiger partial charge in [-0.25, -0.2) is 9.78 Å². The van der Waals surface area contributed by atoms with Crippen molar-refractivity contribution < 1.29 is 9.90 Å². The third kappa shape index (κ3) is 1.86. The highest BCUT2D eigenvalue weighted by Crippen LogP contribution is 2.25. The van der Waals surface area contributed by atoms with Crippen LogP contribution in [0.5, 0.6) is 0 Å². The molecule has 100 valence electrons. The first-order valence-corrected chi connectivity index (χ1v) is 6.35. The van der Waals surface area contributed by atoms with E-state index in [1.54, 1.807) is 18.3 Å². The Kier molecular flexibility index (Phi) is 2.79. The molecule has 3 rings (SSSR count).